The van der Waals surface area contributed by atoms with Gasteiger partial charge in [0.25, 0.3) is 0 Å². The normalized spacial score (nSPS) is 35.4. The number of rotatable bonds is 3. The molecule has 2 rings (SSSR count). The number of nitrogens with two attached hydrogens (primary N) is 1. The standard InChI is InChI=1S/C14H28N2/c1-12-6-5-7-13(2)16(12)11-10-14(15)8-3-4-9-14/h12-13H,3-11,15H2,1-2H3/t12-,13+. The highest BCUT2D eigenvalue weighted by molar-refractivity contribution is 4.91. The number of hydrogen-bond donors (Lipinski definition) is 1. The molecule has 0 aromatic heterocycles. The molecule has 1 aliphatic heterocycles. The van der Waals surface area contributed by atoms with Crippen LogP contribution in [-0.2, 0) is 0 Å². The molecule has 0 radical (unpaired) electrons. The Labute approximate surface area is 101 Å². The summed E-state index contributed by atoms with van der Waals surface area (Å²) in [6.07, 6.45) is 10.6. The summed E-state index contributed by atoms with van der Waals surface area (Å²) in [5.74, 6) is 0. The van der Waals surface area contributed by atoms with Crippen LogP contribution >= 0.6 is 0 Å². The van der Waals surface area contributed by atoms with Crippen molar-refractivity contribution in [1.29, 1.82) is 0 Å². The second kappa shape index (κ2) is 5.05. The summed E-state index contributed by atoms with van der Waals surface area (Å²) in [6.45, 7) is 5.99. The van der Waals surface area contributed by atoms with E-state index >= 15 is 0 Å². The van der Waals surface area contributed by atoms with Crippen LogP contribution < -0.4 is 5.73 Å². The van der Waals surface area contributed by atoms with Gasteiger partial charge in [-0.2, -0.15) is 0 Å². The van der Waals surface area contributed by atoms with Gasteiger partial charge in [0.05, 0.1) is 0 Å². The molecule has 2 atom stereocenters. The molecule has 2 heteroatoms. The van der Waals surface area contributed by atoms with Crippen LogP contribution in [-0.4, -0.2) is 29.1 Å². The Morgan fingerprint density at radius 3 is 2.19 bits per heavy atom. The summed E-state index contributed by atoms with van der Waals surface area (Å²) >= 11 is 0. The van der Waals surface area contributed by atoms with E-state index in [2.05, 4.69) is 18.7 Å². The first-order valence-electron chi connectivity index (χ1n) is 7.15. The Bertz CT molecular complexity index is 211. The average molecular weight is 224 g/mol. The number of hydrogen-bond acceptors (Lipinski definition) is 2. The molecule has 0 amide bonds. The summed E-state index contributed by atoms with van der Waals surface area (Å²) in [6, 6.07) is 1.54. The Morgan fingerprint density at radius 1 is 1.06 bits per heavy atom. The molecule has 1 heterocycles. The Kier molecular flexibility index (Phi) is 3.91. The molecule has 2 aliphatic rings. The summed E-state index contributed by atoms with van der Waals surface area (Å²) in [5, 5.41) is 0. The van der Waals surface area contributed by atoms with Gasteiger partial charge in [-0.3, -0.25) is 4.90 Å². The SMILES string of the molecule is C[C@@H]1CCC[C@H](C)N1CCC1(N)CCCC1. The van der Waals surface area contributed by atoms with E-state index in [4.69, 9.17) is 5.73 Å². The summed E-state index contributed by atoms with van der Waals surface area (Å²) < 4.78 is 0. The fourth-order valence-electron chi connectivity index (χ4n) is 3.60. The first-order chi connectivity index (χ1) is 7.61. The quantitative estimate of drug-likeness (QED) is 0.798. The van der Waals surface area contributed by atoms with Crippen molar-refractivity contribution in [1.82, 2.24) is 4.90 Å². The number of piperidine rings is 1. The summed E-state index contributed by atoms with van der Waals surface area (Å²) in [4.78, 5) is 2.69. The van der Waals surface area contributed by atoms with E-state index in [0.717, 1.165) is 12.1 Å². The van der Waals surface area contributed by atoms with Crippen LogP contribution in [0.25, 0.3) is 0 Å². The van der Waals surface area contributed by atoms with E-state index in [1.807, 2.05) is 0 Å². The van der Waals surface area contributed by atoms with Crippen molar-refractivity contribution in [3.63, 3.8) is 0 Å². The van der Waals surface area contributed by atoms with Gasteiger partial charge in [0.1, 0.15) is 0 Å². The van der Waals surface area contributed by atoms with Crippen molar-refractivity contribution in [3.8, 4) is 0 Å². The third-order valence-corrected chi connectivity index (χ3v) is 4.84. The van der Waals surface area contributed by atoms with Gasteiger partial charge >= 0.3 is 0 Å². The lowest BCUT2D eigenvalue weighted by Crippen LogP contribution is -2.48. The van der Waals surface area contributed by atoms with Crippen molar-refractivity contribution in [2.24, 2.45) is 5.73 Å². The molecule has 0 unspecified atom stereocenters. The molecule has 2 fully saturated rings. The van der Waals surface area contributed by atoms with E-state index in [0.29, 0.717) is 0 Å². The van der Waals surface area contributed by atoms with Crippen LogP contribution in [0.5, 0.6) is 0 Å². The first kappa shape index (κ1) is 12.4. The monoisotopic (exact) mass is 224 g/mol. The Hall–Kier alpha value is -0.0800. The lowest BCUT2D eigenvalue weighted by atomic mass is 9.91. The van der Waals surface area contributed by atoms with Gasteiger partial charge < -0.3 is 5.73 Å². The molecular weight excluding hydrogens is 196 g/mol. The van der Waals surface area contributed by atoms with Gasteiger partial charge in [0.15, 0.2) is 0 Å². The Morgan fingerprint density at radius 2 is 1.62 bits per heavy atom. The molecule has 0 bridgehead atoms. The fraction of sp³-hybridized carbons (Fsp3) is 1.00. The third kappa shape index (κ3) is 2.78. The molecule has 0 aromatic rings. The van der Waals surface area contributed by atoms with Crippen LogP contribution in [0, 0.1) is 0 Å². The van der Waals surface area contributed by atoms with Gasteiger partial charge in [-0.05, 0) is 46.0 Å². The summed E-state index contributed by atoms with van der Waals surface area (Å²) in [5.41, 5.74) is 6.62. The van der Waals surface area contributed by atoms with Crippen LogP contribution in [0.3, 0.4) is 0 Å². The first-order valence-corrected chi connectivity index (χ1v) is 7.15. The maximum Gasteiger partial charge on any atom is 0.0166 e. The van der Waals surface area contributed by atoms with E-state index in [9.17, 15) is 0 Å². The van der Waals surface area contributed by atoms with Crippen molar-refractivity contribution in [3.05, 3.63) is 0 Å². The minimum absolute atomic E-state index is 0.177. The molecule has 1 aliphatic carbocycles. The summed E-state index contributed by atoms with van der Waals surface area (Å²) in [7, 11) is 0. The second-order valence-electron chi connectivity index (χ2n) is 6.19. The van der Waals surface area contributed by atoms with Crippen molar-refractivity contribution in [2.45, 2.75) is 82.8 Å². The second-order valence-corrected chi connectivity index (χ2v) is 6.19. The van der Waals surface area contributed by atoms with Gasteiger partial charge in [0.2, 0.25) is 0 Å². The van der Waals surface area contributed by atoms with Crippen LogP contribution in [0.4, 0.5) is 0 Å². The van der Waals surface area contributed by atoms with Crippen molar-refractivity contribution < 1.29 is 0 Å². The zero-order chi connectivity index (χ0) is 11.6. The highest BCUT2D eigenvalue weighted by atomic mass is 15.2. The topological polar surface area (TPSA) is 29.3 Å². The Balaban J connectivity index is 1.83. The predicted octanol–water partition coefficient (Wildman–Crippen LogP) is 2.91. The smallest absolute Gasteiger partial charge is 0.0166 e. The molecule has 0 aromatic carbocycles. The van der Waals surface area contributed by atoms with Crippen LogP contribution in [0.15, 0.2) is 0 Å². The van der Waals surface area contributed by atoms with Crippen LogP contribution in [0.2, 0.25) is 0 Å². The maximum absolute atomic E-state index is 6.44. The third-order valence-electron chi connectivity index (χ3n) is 4.84. The molecule has 1 saturated carbocycles. The maximum atomic E-state index is 6.44. The fourth-order valence-corrected chi connectivity index (χ4v) is 3.60. The van der Waals surface area contributed by atoms with Gasteiger partial charge in [0, 0.05) is 24.2 Å². The van der Waals surface area contributed by atoms with Gasteiger partial charge in [-0.1, -0.05) is 19.3 Å². The highest BCUT2D eigenvalue weighted by Crippen LogP contribution is 2.31. The minimum atomic E-state index is 0.177. The molecule has 2 N–H and O–H groups in total. The molecule has 1 saturated heterocycles. The van der Waals surface area contributed by atoms with E-state index in [1.165, 1.54) is 57.9 Å². The molecule has 94 valence electrons. The number of likely N-dealkylation sites (tertiary alicyclic amines) is 1. The molecular formula is C14H28N2. The van der Waals surface area contributed by atoms with Crippen molar-refractivity contribution in [2.75, 3.05) is 6.54 Å². The lowest BCUT2D eigenvalue weighted by molar-refractivity contribution is 0.0932. The molecule has 2 nitrogen and oxygen atoms in total. The van der Waals surface area contributed by atoms with Crippen molar-refractivity contribution >= 4 is 0 Å². The zero-order valence-electron chi connectivity index (χ0n) is 11.0. The lowest BCUT2D eigenvalue weighted by Gasteiger charge is -2.40. The average Bonchev–Trinajstić information content (AvgIpc) is 2.65. The molecule has 0 spiro atoms. The van der Waals surface area contributed by atoms with E-state index in [-0.39, 0.29) is 5.54 Å². The minimum Gasteiger partial charge on any atom is -0.325 e. The largest absolute Gasteiger partial charge is 0.325 e. The molecule has 16 heavy (non-hydrogen) atoms. The predicted molar refractivity (Wildman–Crippen MR) is 69.5 cm³/mol. The van der Waals surface area contributed by atoms with Gasteiger partial charge in [-0.15, -0.1) is 0 Å². The van der Waals surface area contributed by atoms with Gasteiger partial charge in [-0.25, -0.2) is 0 Å². The van der Waals surface area contributed by atoms with E-state index < -0.39 is 0 Å². The zero-order valence-corrected chi connectivity index (χ0v) is 11.0. The number of nitrogens with zero attached hydrogens (tertiary/aromatic N) is 1. The highest BCUT2D eigenvalue weighted by Gasteiger charge is 2.31. The van der Waals surface area contributed by atoms with Crippen LogP contribution in [0.1, 0.15) is 65.2 Å². The van der Waals surface area contributed by atoms with E-state index in [1.54, 1.807) is 0 Å².